The van der Waals surface area contributed by atoms with Gasteiger partial charge in [-0.15, -0.1) is 0 Å². The zero-order valence-corrected chi connectivity index (χ0v) is 22.0. The molecule has 4 aromatic carbocycles. The van der Waals surface area contributed by atoms with E-state index in [1.54, 1.807) is 0 Å². The molecule has 40 heavy (non-hydrogen) atoms. The molecular weight excluding hydrogens is 502 g/mol. The van der Waals surface area contributed by atoms with Gasteiger partial charge in [0.2, 0.25) is 0 Å². The van der Waals surface area contributed by atoms with Crippen LogP contribution in [-0.4, -0.2) is 35.0 Å². The minimum atomic E-state index is -0.883. The third-order valence-electron chi connectivity index (χ3n) is 6.39. The Balaban J connectivity index is 1.24. The number of nitrogens with one attached hydrogen (secondary N) is 2. The van der Waals surface area contributed by atoms with Crippen LogP contribution < -0.4 is 10.1 Å². The molecule has 7 heteroatoms. The van der Waals surface area contributed by atoms with Crippen molar-refractivity contribution in [3.05, 3.63) is 131 Å². The molecule has 1 atom stereocenters. The third-order valence-corrected chi connectivity index (χ3v) is 6.39. The molecule has 200 valence electrons. The van der Waals surface area contributed by atoms with Crippen molar-refractivity contribution < 1.29 is 19.1 Å². The Morgan fingerprint density at radius 2 is 1.55 bits per heavy atom. The van der Waals surface area contributed by atoms with Crippen LogP contribution in [0.2, 0.25) is 0 Å². The summed E-state index contributed by atoms with van der Waals surface area (Å²) in [6.07, 6.45) is 4.28. The summed E-state index contributed by atoms with van der Waals surface area (Å²) in [5.41, 5.74) is 5.36. The maximum atomic E-state index is 13.1. The Morgan fingerprint density at radius 3 is 2.27 bits per heavy atom. The van der Waals surface area contributed by atoms with Crippen molar-refractivity contribution in [3.8, 4) is 5.75 Å². The van der Waals surface area contributed by atoms with E-state index < -0.39 is 17.9 Å². The number of aromatic amines is 1. The van der Waals surface area contributed by atoms with E-state index in [1.807, 2.05) is 115 Å². The van der Waals surface area contributed by atoms with Gasteiger partial charge in [-0.25, -0.2) is 9.78 Å². The van der Waals surface area contributed by atoms with Crippen molar-refractivity contribution >= 4 is 35.1 Å². The highest BCUT2D eigenvalue weighted by Gasteiger charge is 2.24. The van der Waals surface area contributed by atoms with Crippen molar-refractivity contribution in [3.63, 3.8) is 0 Å². The van der Waals surface area contributed by atoms with Gasteiger partial charge in [0.25, 0.3) is 5.91 Å². The number of H-pyrrole nitrogens is 1. The largest absolute Gasteiger partial charge is 0.489 e. The van der Waals surface area contributed by atoms with Gasteiger partial charge in [-0.05, 0) is 46.5 Å². The first-order valence-electron chi connectivity index (χ1n) is 12.9. The van der Waals surface area contributed by atoms with E-state index in [0.29, 0.717) is 17.9 Å². The maximum Gasteiger partial charge on any atom is 0.328 e. The highest BCUT2D eigenvalue weighted by Crippen LogP contribution is 2.18. The predicted molar refractivity (Wildman–Crippen MR) is 156 cm³/mol. The van der Waals surface area contributed by atoms with E-state index in [2.05, 4.69) is 15.3 Å². The SMILES string of the molecule is COC(=O)C(Cc1ccc(OCc2ccccc2)cc1)NC(=O)c1nc2ccc(/C=C/c3ccccc3)cc2[nH]1. The van der Waals surface area contributed by atoms with Gasteiger partial charge in [-0.2, -0.15) is 0 Å². The number of imidazole rings is 1. The minimum Gasteiger partial charge on any atom is -0.489 e. The smallest absolute Gasteiger partial charge is 0.328 e. The van der Waals surface area contributed by atoms with Crippen LogP contribution in [0.15, 0.2) is 103 Å². The summed E-state index contributed by atoms with van der Waals surface area (Å²) in [5.74, 6) is -0.192. The van der Waals surface area contributed by atoms with Crippen LogP contribution in [0, 0.1) is 0 Å². The summed E-state index contributed by atoms with van der Waals surface area (Å²) in [5, 5.41) is 2.76. The molecule has 0 fully saturated rings. The summed E-state index contributed by atoms with van der Waals surface area (Å²) < 4.78 is 10.8. The molecule has 2 N–H and O–H groups in total. The van der Waals surface area contributed by atoms with Crippen molar-refractivity contribution in [1.82, 2.24) is 15.3 Å². The fraction of sp³-hybridized carbons (Fsp3) is 0.121. The maximum absolute atomic E-state index is 13.1. The molecule has 5 aromatic rings. The van der Waals surface area contributed by atoms with Gasteiger partial charge in [0.15, 0.2) is 5.82 Å². The molecule has 1 amide bonds. The van der Waals surface area contributed by atoms with Gasteiger partial charge in [0.05, 0.1) is 18.1 Å². The van der Waals surface area contributed by atoms with Crippen LogP contribution >= 0.6 is 0 Å². The number of ether oxygens (including phenoxy) is 2. The molecule has 0 aliphatic rings. The second-order valence-corrected chi connectivity index (χ2v) is 9.28. The van der Waals surface area contributed by atoms with Gasteiger partial charge < -0.3 is 19.8 Å². The monoisotopic (exact) mass is 531 g/mol. The number of carbonyl (C=O) groups excluding carboxylic acids is 2. The van der Waals surface area contributed by atoms with E-state index in [1.165, 1.54) is 7.11 Å². The molecule has 7 nitrogen and oxygen atoms in total. The Morgan fingerprint density at radius 1 is 0.850 bits per heavy atom. The van der Waals surface area contributed by atoms with E-state index in [0.717, 1.165) is 27.8 Å². The number of esters is 1. The molecule has 0 aliphatic carbocycles. The third kappa shape index (κ3) is 6.82. The van der Waals surface area contributed by atoms with Crippen LogP contribution in [0.25, 0.3) is 23.2 Å². The number of nitrogens with zero attached hydrogens (tertiary/aromatic N) is 1. The number of rotatable bonds is 10. The lowest BCUT2D eigenvalue weighted by atomic mass is 10.1. The van der Waals surface area contributed by atoms with E-state index >= 15 is 0 Å². The highest BCUT2D eigenvalue weighted by molar-refractivity contribution is 5.97. The van der Waals surface area contributed by atoms with Gasteiger partial charge in [0.1, 0.15) is 18.4 Å². The van der Waals surface area contributed by atoms with E-state index in [-0.39, 0.29) is 12.2 Å². The fourth-order valence-electron chi connectivity index (χ4n) is 4.26. The van der Waals surface area contributed by atoms with Crippen molar-refractivity contribution in [1.29, 1.82) is 0 Å². The quantitative estimate of drug-likeness (QED) is 0.175. The molecule has 0 saturated heterocycles. The number of benzene rings is 4. The van der Waals surface area contributed by atoms with Crippen LogP contribution in [0.3, 0.4) is 0 Å². The lowest BCUT2D eigenvalue weighted by Gasteiger charge is -2.16. The topological polar surface area (TPSA) is 93.3 Å². The summed E-state index contributed by atoms with van der Waals surface area (Å²) in [6, 6.07) is 32.2. The zero-order valence-electron chi connectivity index (χ0n) is 22.0. The van der Waals surface area contributed by atoms with Gasteiger partial charge in [-0.3, -0.25) is 4.79 Å². The number of fused-ring (bicyclic) bond motifs is 1. The Kier molecular flexibility index (Phi) is 8.32. The summed E-state index contributed by atoms with van der Waals surface area (Å²) in [4.78, 5) is 33.1. The Hall–Kier alpha value is -5.17. The predicted octanol–water partition coefficient (Wildman–Crippen LogP) is 5.83. The van der Waals surface area contributed by atoms with E-state index in [9.17, 15) is 9.59 Å². The van der Waals surface area contributed by atoms with Gasteiger partial charge in [0, 0.05) is 6.42 Å². The number of hydrogen-bond donors (Lipinski definition) is 2. The second-order valence-electron chi connectivity index (χ2n) is 9.28. The Bertz CT molecular complexity index is 1610. The van der Waals surface area contributed by atoms with Crippen molar-refractivity contribution in [2.75, 3.05) is 7.11 Å². The average molecular weight is 532 g/mol. The first-order chi connectivity index (χ1) is 19.6. The number of hydrogen-bond acceptors (Lipinski definition) is 5. The number of aromatic nitrogens is 2. The van der Waals surface area contributed by atoms with E-state index in [4.69, 9.17) is 9.47 Å². The van der Waals surface area contributed by atoms with Gasteiger partial charge in [-0.1, -0.05) is 91.0 Å². The first-order valence-corrected chi connectivity index (χ1v) is 12.9. The lowest BCUT2D eigenvalue weighted by molar-refractivity contribution is -0.142. The summed E-state index contributed by atoms with van der Waals surface area (Å²) in [6.45, 7) is 0.462. The molecule has 0 aliphatic heterocycles. The standard InChI is InChI=1S/C33H29N3O4/c1-39-33(38)30(21-25-14-17-27(18-15-25)40-22-26-10-6-3-7-11-26)36-32(37)31-34-28-19-16-24(20-29(28)35-31)13-12-23-8-4-2-5-9-23/h2-20,30H,21-22H2,1H3,(H,34,35)(H,36,37)/b13-12+. The van der Waals surface area contributed by atoms with Gasteiger partial charge >= 0.3 is 5.97 Å². The zero-order chi connectivity index (χ0) is 27.7. The molecule has 1 aromatic heterocycles. The summed E-state index contributed by atoms with van der Waals surface area (Å²) in [7, 11) is 1.30. The van der Waals surface area contributed by atoms with Crippen molar-refractivity contribution in [2.45, 2.75) is 19.1 Å². The average Bonchev–Trinajstić information content (AvgIpc) is 3.44. The van der Waals surface area contributed by atoms with Crippen LogP contribution in [0.5, 0.6) is 5.75 Å². The van der Waals surface area contributed by atoms with Crippen LogP contribution in [0.1, 0.15) is 32.9 Å². The molecule has 0 spiro atoms. The normalized spacial score (nSPS) is 11.8. The Labute approximate surface area is 232 Å². The fourth-order valence-corrected chi connectivity index (χ4v) is 4.26. The van der Waals surface area contributed by atoms with Crippen LogP contribution in [0.4, 0.5) is 0 Å². The highest BCUT2D eigenvalue weighted by atomic mass is 16.5. The summed E-state index contributed by atoms with van der Waals surface area (Å²) >= 11 is 0. The number of carbonyl (C=O) groups is 2. The molecule has 5 rings (SSSR count). The molecule has 1 unspecified atom stereocenters. The molecule has 1 heterocycles. The number of methoxy groups -OCH3 is 1. The molecule has 0 bridgehead atoms. The molecular formula is C33H29N3O4. The number of amides is 1. The second kappa shape index (κ2) is 12.6. The lowest BCUT2D eigenvalue weighted by Crippen LogP contribution is -2.43. The van der Waals surface area contributed by atoms with Crippen molar-refractivity contribution in [2.24, 2.45) is 0 Å². The molecule has 0 saturated carbocycles. The first kappa shape index (κ1) is 26.4. The minimum absolute atomic E-state index is 0.123. The molecule has 0 radical (unpaired) electrons. The van der Waals surface area contributed by atoms with Crippen LogP contribution in [-0.2, 0) is 22.6 Å².